The lowest BCUT2D eigenvalue weighted by atomic mass is 9.98. The van der Waals surface area contributed by atoms with Gasteiger partial charge in [0.2, 0.25) is 0 Å². The second-order valence-corrected chi connectivity index (χ2v) is 9.93. The van der Waals surface area contributed by atoms with Gasteiger partial charge in [-0.2, -0.15) is 0 Å². The maximum atomic E-state index is 13.1. The Morgan fingerprint density at radius 2 is 1.88 bits per heavy atom. The van der Waals surface area contributed by atoms with E-state index in [0.717, 1.165) is 75.5 Å². The Morgan fingerprint density at radius 3 is 2.66 bits per heavy atom. The number of anilines is 2. The molecule has 6 nitrogen and oxygen atoms in total. The number of nitrogens with one attached hydrogen (secondary N) is 1. The topological polar surface area (TPSA) is 74.9 Å². The van der Waals surface area contributed by atoms with E-state index >= 15 is 0 Å². The minimum atomic E-state index is -0.624. The van der Waals surface area contributed by atoms with Gasteiger partial charge in [0.25, 0.3) is 5.91 Å². The van der Waals surface area contributed by atoms with Crippen LogP contribution in [0, 0.1) is 0 Å². The highest BCUT2D eigenvalue weighted by Gasteiger charge is 2.29. The van der Waals surface area contributed by atoms with Crippen LogP contribution in [0.15, 0.2) is 34.7 Å². The van der Waals surface area contributed by atoms with E-state index in [-0.39, 0.29) is 5.91 Å². The summed E-state index contributed by atoms with van der Waals surface area (Å²) < 4.78 is 11.4. The number of nitrogens with zero attached hydrogens (tertiary/aromatic N) is 1. The minimum Gasteiger partial charge on any atom is -0.456 e. The van der Waals surface area contributed by atoms with E-state index in [1.807, 2.05) is 13.0 Å². The number of carbonyl (C=O) groups excluding carboxylic acids is 1. The number of ether oxygens (including phenoxy) is 1. The Morgan fingerprint density at radius 1 is 1.06 bits per heavy atom. The molecule has 3 heterocycles. The van der Waals surface area contributed by atoms with Crippen LogP contribution in [0.4, 0.5) is 11.4 Å². The van der Waals surface area contributed by atoms with Crippen molar-refractivity contribution in [1.82, 2.24) is 0 Å². The number of hydrogen-bond donors (Lipinski definition) is 2. The van der Waals surface area contributed by atoms with Gasteiger partial charge in [-0.05, 0) is 87.6 Å². The van der Waals surface area contributed by atoms with Crippen molar-refractivity contribution >= 4 is 17.3 Å². The second kappa shape index (κ2) is 8.91. The maximum Gasteiger partial charge on any atom is 0.291 e. The lowest BCUT2D eigenvalue weighted by Crippen LogP contribution is -2.29. The molecule has 0 bridgehead atoms. The number of amides is 1. The standard InChI is InChI=1S/C26H34N2O4/c1-26(30)11-2-13-28(14-12-26)22-6-5-20(18-3-4-18)17-21(22)27-25(29)24-8-7-23(32-24)19-9-15-31-16-10-19/h5-8,17-19,30H,2-4,9-16H2,1H3,(H,27,29)/t26-/m0/s1. The highest BCUT2D eigenvalue weighted by Crippen LogP contribution is 2.43. The van der Waals surface area contributed by atoms with Crippen LogP contribution in [-0.4, -0.2) is 42.9 Å². The van der Waals surface area contributed by atoms with E-state index in [1.165, 1.54) is 18.4 Å². The molecule has 1 aromatic carbocycles. The Hall–Kier alpha value is -2.31. The minimum absolute atomic E-state index is 0.209. The van der Waals surface area contributed by atoms with E-state index in [4.69, 9.17) is 9.15 Å². The van der Waals surface area contributed by atoms with Gasteiger partial charge in [0.05, 0.1) is 17.0 Å². The molecule has 1 aliphatic carbocycles. The van der Waals surface area contributed by atoms with E-state index in [2.05, 4.69) is 28.4 Å². The highest BCUT2D eigenvalue weighted by atomic mass is 16.5. The predicted molar refractivity (Wildman–Crippen MR) is 125 cm³/mol. The van der Waals surface area contributed by atoms with Gasteiger partial charge in [0, 0.05) is 32.2 Å². The molecular weight excluding hydrogens is 404 g/mol. The fourth-order valence-corrected chi connectivity index (χ4v) is 4.96. The molecule has 1 amide bonds. The third kappa shape index (κ3) is 4.86. The average Bonchev–Trinajstić information content (AvgIpc) is 3.55. The van der Waals surface area contributed by atoms with Gasteiger partial charge >= 0.3 is 0 Å². The van der Waals surface area contributed by atoms with E-state index in [0.29, 0.717) is 17.6 Å². The molecule has 0 spiro atoms. The first-order chi connectivity index (χ1) is 15.5. The Kier molecular flexibility index (Phi) is 5.99. The Labute approximate surface area is 189 Å². The molecule has 172 valence electrons. The molecule has 0 unspecified atom stereocenters. The quantitative estimate of drug-likeness (QED) is 0.684. The van der Waals surface area contributed by atoms with Crippen molar-refractivity contribution in [2.45, 2.75) is 69.3 Å². The zero-order valence-electron chi connectivity index (χ0n) is 18.9. The SMILES string of the molecule is C[C@]1(O)CCCN(c2ccc(C3CC3)cc2NC(=O)c2ccc(C3CCOCC3)o2)CC1. The van der Waals surface area contributed by atoms with Gasteiger partial charge in [-0.3, -0.25) is 4.79 Å². The van der Waals surface area contributed by atoms with E-state index < -0.39 is 5.60 Å². The molecule has 5 rings (SSSR count). The van der Waals surface area contributed by atoms with Crippen molar-refractivity contribution in [1.29, 1.82) is 0 Å². The van der Waals surface area contributed by atoms with Crippen LogP contribution >= 0.6 is 0 Å². The first-order valence-corrected chi connectivity index (χ1v) is 12.1. The Balaban J connectivity index is 1.36. The van der Waals surface area contributed by atoms with Crippen LogP contribution in [0.5, 0.6) is 0 Å². The van der Waals surface area contributed by atoms with Crippen molar-refractivity contribution in [2.24, 2.45) is 0 Å². The summed E-state index contributed by atoms with van der Waals surface area (Å²) >= 11 is 0. The molecule has 1 aromatic heterocycles. The molecule has 2 aliphatic heterocycles. The monoisotopic (exact) mass is 438 g/mol. The molecule has 2 aromatic rings. The largest absolute Gasteiger partial charge is 0.456 e. The van der Waals surface area contributed by atoms with Crippen LogP contribution in [0.3, 0.4) is 0 Å². The molecule has 6 heteroatoms. The normalized spacial score (nSPS) is 24.9. The number of rotatable bonds is 5. The van der Waals surface area contributed by atoms with Crippen LogP contribution < -0.4 is 10.2 Å². The molecule has 3 aliphatic rings. The number of hydrogen-bond acceptors (Lipinski definition) is 5. The smallest absolute Gasteiger partial charge is 0.291 e. The third-order valence-electron chi connectivity index (χ3n) is 7.20. The van der Waals surface area contributed by atoms with Gasteiger partial charge in [0.15, 0.2) is 5.76 Å². The molecule has 2 saturated heterocycles. The third-order valence-corrected chi connectivity index (χ3v) is 7.20. The van der Waals surface area contributed by atoms with E-state index in [1.54, 1.807) is 6.07 Å². The van der Waals surface area contributed by atoms with Crippen molar-refractivity contribution in [3.05, 3.63) is 47.4 Å². The van der Waals surface area contributed by atoms with Crippen molar-refractivity contribution in [3.63, 3.8) is 0 Å². The molecule has 2 N–H and O–H groups in total. The molecular formula is C26H34N2O4. The second-order valence-electron chi connectivity index (χ2n) is 9.93. The summed E-state index contributed by atoms with van der Waals surface area (Å²) in [7, 11) is 0. The number of carbonyl (C=O) groups is 1. The van der Waals surface area contributed by atoms with Crippen molar-refractivity contribution in [3.8, 4) is 0 Å². The van der Waals surface area contributed by atoms with Crippen LogP contribution in [0.1, 0.15) is 85.6 Å². The molecule has 1 saturated carbocycles. The summed E-state index contributed by atoms with van der Waals surface area (Å²) in [6.07, 6.45) is 6.74. The predicted octanol–water partition coefficient (Wildman–Crippen LogP) is 5.04. The van der Waals surface area contributed by atoms with Gasteiger partial charge in [-0.25, -0.2) is 0 Å². The zero-order chi connectivity index (χ0) is 22.1. The molecule has 3 fully saturated rings. The summed E-state index contributed by atoms with van der Waals surface area (Å²) in [6, 6.07) is 10.2. The van der Waals surface area contributed by atoms with Crippen molar-refractivity contribution < 1.29 is 19.1 Å². The van der Waals surface area contributed by atoms with Gasteiger partial charge in [0.1, 0.15) is 5.76 Å². The van der Waals surface area contributed by atoms with Gasteiger partial charge < -0.3 is 24.5 Å². The Bertz CT molecular complexity index is 956. The molecule has 0 radical (unpaired) electrons. The summed E-state index contributed by atoms with van der Waals surface area (Å²) in [6.45, 7) is 5.05. The molecule has 32 heavy (non-hydrogen) atoms. The molecule has 1 atom stereocenters. The van der Waals surface area contributed by atoms with Gasteiger partial charge in [-0.1, -0.05) is 6.07 Å². The van der Waals surface area contributed by atoms with Crippen molar-refractivity contribution in [2.75, 3.05) is 36.5 Å². The van der Waals surface area contributed by atoms with E-state index in [9.17, 15) is 9.90 Å². The fourth-order valence-electron chi connectivity index (χ4n) is 4.96. The summed E-state index contributed by atoms with van der Waals surface area (Å²) in [5, 5.41) is 13.6. The van der Waals surface area contributed by atoms with Crippen LogP contribution in [0.25, 0.3) is 0 Å². The summed E-state index contributed by atoms with van der Waals surface area (Å²) in [5.74, 6) is 1.95. The van der Waals surface area contributed by atoms with Gasteiger partial charge in [-0.15, -0.1) is 0 Å². The van der Waals surface area contributed by atoms with Crippen LogP contribution in [0.2, 0.25) is 0 Å². The maximum absolute atomic E-state index is 13.1. The fraction of sp³-hybridized carbons (Fsp3) is 0.577. The lowest BCUT2D eigenvalue weighted by molar-refractivity contribution is 0.0481. The number of benzene rings is 1. The average molecular weight is 439 g/mol. The first-order valence-electron chi connectivity index (χ1n) is 12.1. The number of aliphatic hydroxyl groups is 1. The summed E-state index contributed by atoms with van der Waals surface area (Å²) in [4.78, 5) is 15.4. The number of furan rings is 1. The zero-order valence-corrected chi connectivity index (χ0v) is 18.9. The van der Waals surface area contributed by atoms with Crippen LogP contribution in [-0.2, 0) is 4.74 Å². The first kappa shape index (κ1) is 21.5. The highest BCUT2D eigenvalue weighted by molar-refractivity contribution is 6.04. The summed E-state index contributed by atoms with van der Waals surface area (Å²) in [5.41, 5.74) is 2.52. The lowest BCUT2D eigenvalue weighted by Gasteiger charge is -2.27.